The van der Waals surface area contributed by atoms with E-state index in [1.54, 1.807) is 28.5 Å². The molecule has 0 unspecified atom stereocenters. The molecule has 0 aromatic heterocycles. The van der Waals surface area contributed by atoms with E-state index in [9.17, 15) is 0 Å². The summed E-state index contributed by atoms with van der Waals surface area (Å²) in [6, 6.07) is 36.8. The Morgan fingerprint density at radius 3 is 1.36 bits per heavy atom. The van der Waals surface area contributed by atoms with Gasteiger partial charge in [0.2, 0.25) is 0 Å². The molecule has 0 aliphatic heterocycles. The summed E-state index contributed by atoms with van der Waals surface area (Å²) in [6.07, 6.45) is 2.27. The van der Waals surface area contributed by atoms with Gasteiger partial charge in [0.05, 0.1) is 0 Å². The van der Waals surface area contributed by atoms with Crippen LogP contribution in [0.15, 0.2) is 103 Å². The van der Waals surface area contributed by atoms with Crippen LogP contribution in [0.3, 0.4) is 0 Å². The minimum absolute atomic E-state index is 0. The molecule has 0 amide bonds. The molecule has 0 N–H and O–H groups in total. The van der Waals surface area contributed by atoms with Crippen molar-refractivity contribution in [3.8, 4) is 0 Å². The number of hydrogen-bond donors (Lipinski definition) is 0. The largest absolute Gasteiger partial charge is 1.00 e. The molecule has 170 valence electrons. The predicted octanol–water partition coefficient (Wildman–Crippen LogP) is 1.31. The van der Waals surface area contributed by atoms with E-state index in [0.717, 1.165) is 12.8 Å². The molecule has 0 aliphatic carbocycles. The van der Waals surface area contributed by atoms with E-state index < -0.39 is 0 Å². The van der Waals surface area contributed by atoms with Gasteiger partial charge in [-0.05, 0) is 12.8 Å². The maximum Gasteiger partial charge on any atom is -1.00 e. The monoisotopic (exact) mass is 566 g/mol. The van der Waals surface area contributed by atoms with Gasteiger partial charge in [-0.25, -0.2) is 0 Å². The molecule has 0 aliphatic rings. The van der Waals surface area contributed by atoms with Gasteiger partial charge in [0.15, 0.2) is 0 Å². The maximum atomic E-state index is 2.35. The van der Waals surface area contributed by atoms with E-state index in [-0.39, 0.29) is 30.2 Å². The van der Waals surface area contributed by atoms with Crippen LogP contribution in [-0.4, -0.2) is 5.43 Å². The van der Waals surface area contributed by atoms with Crippen molar-refractivity contribution in [2.45, 2.75) is 33.2 Å². The molecule has 0 saturated carbocycles. The van der Waals surface area contributed by atoms with E-state index in [1.807, 2.05) is 0 Å². The first kappa shape index (κ1) is 29.6. The van der Waals surface area contributed by atoms with Crippen molar-refractivity contribution in [3.05, 3.63) is 114 Å². The standard InChI is InChI=1S/2C11H11.C7H8Si.2ClH.Zr/c2*1-2-9-7-10-5-3-4-6-11(10)8-9;1-8-7-5-3-2-4-6-7;;;/h2*3-8H,2H2,1H3;2-6H,1H3;2*1H;/q2*-1;;;;+2/p-2. The fourth-order valence-corrected chi connectivity index (χ4v) is 5.45. The van der Waals surface area contributed by atoms with Crippen molar-refractivity contribution in [3.63, 3.8) is 0 Å². The number of fused-ring (bicyclic) bond motifs is 2. The number of benzene rings is 3. The number of aryl methyl sites for hydroxylation is 2. The SMILES string of the molecule is CCc1cc2ccccc2[cH-]1.CCc1cc2ccccc2[cH-]1.C[Si](=[Zr+2])c1ccccc1.[Cl-].[Cl-]. The second-order valence-corrected chi connectivity index (χ2v) is 15.0. The topological polar surface area (TPSA) is 0 Å². The van der Waals surface area contributed by atoms with Crippen LogP contribution in [0.4, 0.5) is 0 Å². The van der Waals surface area contributed by atoms with Crippen molar-refractivity contribution in [1.29, 1.82) is 0 Å². The molecule has 4 heteroatoms. The summed E-state index contributed by atoms with van der Waals surface area (Å²) in [5.41, 5.74) is 2.75. The van der Waals surface area contributed by atoms with Gasteiger partial charge >= 0.3 is 70.8 Å². The van der Waals surface area contributed by atoms with Crippen LogP contribution in [0, 0.1) is 0 Å². The first-order chi connectivity index (χ1) is 15.1. The Kier molecular flexibility index (Phi) is 13.9. The normalized spacial score (nSPS) is 9.61. The van der Waals surface area contributed by atoms with Crippen molar-refractivity contribution in [2.75, 3.05) is 0 Å². The summed E-state index contributed by atoms with van der Waals surface area (Å²) in [5.74, 6) is 0. The van der Waals surface area contributed by atoms with Crippen molar-refractivity contribution >= 4 is 32.2 Å². The smallest absolute Gasteiger partial charge is 1.00 e. The van der Waals surface area contributed by atoms with Crippen molar-refractivity contribution < 1.29 is 48.1 Å². The van der Waals surface area contributed by atoms with E-state index in [2.05, 4.69) is 124 Å². The molecule has 33 heavy (non-hydrogen) atoms. The zero-order valence-electron chi connectivity index (χ0n) is 19.5. The van der Waals surface area contributed by atoms with Gasteiger partial charge < -0.3 is 24.8 Å². The summed E-state index contributed by atoms with van der Waals surface area (Å²) >= 11 is 1.69. The van der Waals surface area contributed by atoms with Gasteiger partial charge in [0, 0.05) is 0 Å². The molecule has 0 bridgehead atoms. The molecule has 0 atom stereocenters. The Morgan fingerprint density at radius 2 is 1.03 bits per heavy atom. The minimum atomic E-state index is -0.122. The Labute approximate surface area is 226 Å². The first-order valence-corrected chi connectivity index (χ1v) is 16.7. The van der Waals surface area contributed by atoms with Crippen molar-refractivity contribution in [1.82, 2.24) is 0 Å². The Bertz CT molecular complexity index is 1100. The fourth-order valence-electron chi connectivity index (χ4n) is 3.53. The first-order valence-electron chi connectivity index (χ1n) is 11.0. The summed E-state index contributed by atoms with van der Waals surface area (Å²) < 4.78 is 0. The average molecular weight is 569 g/mol. The Balaban J connectivity index is 0.000000242. The number of hydrogen-bond acceptors (Lipinski definition) is 0. The second kappa shape index (κ2) is 15.5. The number of halogens is 2. The number of rotatable bonds is 3. The molecule has 5 aromatic rings. The quantitative estimate of drug-likeness (QED) is 0.228. The molecule has 0 nitrogen and oxygen atoms in total. The zero-order valence-corrected chi connectivity index (χ0v) is 24.5. The zero-order chi connectivity index (χ0) is 22.1. The Morgan fingerprint density at radius 1 is 0.636 bits per heavy atom. The maximum absolute atomic E-state index is 2.35. The van der Waals surface area contributed by atoms with Gasteiger partial charge in [0.25, 0.3) is 0 Å². The van der Waals surface area contributed by atoms with Crippen LogP contribution in [0.1, 0.15) is 25.0 Å². The van der Waals surface area contributed by atoms with Gasteiger partial charge in [-0.2, -0.15) is 12.1 Å². The van der Waals surface area contributed by atoms with Gasteiger partial charge in [0.1, 0.15) is 0 Å². The third kappa shape index (κ3) is 9.02. The van der Waals surface area contributed by atoms with E-state index >= 15 is 0 Å². The van der Waals surface area contributed by atoms with Crippen molar-refractivity contribution in [2.24, 2.45) is 0 Å². The van der Waals surface area contributed by atoms with E-state index in [1.165, 1.54) is 32.7 Å². The molecule has 5 aromatic carbocycles. The predicted molar refractivity (Wildman–Crippen MR) is 136 cm³/mol. The van der Waals surface area contributed by atoms with Gasteiger partial charge in [-0.15, -0.1) is 81.2 Å². The summed E-state index contributed by atoms with van der Waals surface area (Å²) in [5, 5.41) is 7.02. The molecular weight excluding hydrogens is 539 g/mol. The van der Waals surface area contributed by atoms with Crippen LogP contribution in [0.25, 0.3) is 21.5 Å². The minimum Gasteiger partial charge on any atom is -1.00 e. The van der Waals surface area contributed by atoms with E-state index in [0.29, 0.717) is 0 Å². The molecule has 0 heterocycles. The van der Waals surface area contributed by atoms with Crippen LogP contribution >= 0.6 is 0 Å². The molecule has 5 rings (SSSR count). The molecule has 0 radical (unpaired) electrons. The molecular formula is C29H30Cl2SiZr-2. The van der Waals surface area contributed by atoms with Crippen LogP contribution in [0.5, 0.6) is 0 Å². The van der Waals surface area contributed by atoms with Gasteiger partial charge in [-0.1, -0.05) is 26.0 Å². The van der Waals surface area contributed by atoms with Crippen LogP contribution < -0.4 is 30.0 Å². The summed E-state index contributed by atoms with van der Waals surface area (Å²) in [6.45, 7) is 6.72. The third-order valence-corrected chi connectivity index (χ3v) is 8.71. The molecule has 0 spiro atoms. The Hall–Kier alpha value is -1.44. The third-order valence-electron chi connectivity index (χ3n) is 5.38. The van der Waals surface area contributed by atoms with Gasteiger partial charge in [-0.3, -0.25) is 0 Å². The van der Waals surface area contributed by atoms with E-state index in [4.69, 9.17) is 0 Å². The average Bonchev–Trinajstić information content (AvgIpc) is 3.44. The fraction of sp³-hybridized carbons (Fsp3) is 0.172. The second-order valence-electron chi connectivity index (χ2n) is 7.68. The molecule has 0 saturated heterocycles. The van der Waals surface area contributed by atoms with Crippen LogP contribution in [-0.2, 0) is 36.2 Å². The molecule has 0 fully saturated rings. The summed E-state index contributed by atoms with van der Waals surface area (Å²) in [7, 11) is 0. The summed E-state index contributed by atoms with van der Waals surface area (Å²) in [4.78, 5) is 0. The van der Waals surface area contributed by atoms with Crippen LogP contribution in [0.2, 0.25) is 6.55 Å².